The third-order valence-electron chi connectivity index (χ3n) is 2.74. The lowest BCUT2D eigenvalue weighted by Crippen LogP contribution is -2.07. The maximum Gasteiger partial charge on any atom is 0.148 e. The van der Waals surface area contributed by atoms with Crippen LogP contribution in [-0.2, 0) is 0 Å². The number of hydrogen-bond donors (Lipinski definition) is 2. The number of hydrogen-bond acceptors (Lipinski definition) is 4. The van der Waals surface area contributed by atoms with Gasteiger partial charge in [-0.05, 0) is 31.5 Å². The molecule has 2 aromatic rings. The molecule has 1 aromatic heterocycles. The van der Waals surface area contributed by atoms with Crippen molar-refractivity contribution < 1.29 is 5.11 Å². The molecule has 0 atom stereocenters. The second kappa shape index (κ2) is 5.60. The fourth-order valence-electron chi connectivity index (χ4n) is 1.86. The molecule has 0 aliphatic heterocycles. The van der Waals surface area contributed by atoms with Gasteiger partial charge in [0.2, 0.25) is 0 Å². The zero-order valence-electron chi connectivity index (χ0n) is 10.6. The summed E-state index contributed by atoms with van der Waals surface area (Å²) in [6.45, 7) is 4.71. The first-order valence-corrected chi connectivity index (χ1v) is 5.97. The van der Waals surface area contributed by atoms with Gasteiger partial charge in [-0.1, -0.05) is 23.8 Å². The minimum Gasteiger partial charge on any atom is -0.395 e. The first kappa shape index (κ1) is 12.5. The molecule has 0 spiro atoms. The summed E-state index contributed by atoms with van der Waals surface area (Å²) in [5.41, 5.74) is 4.40. The number of aryl methyl sites for hydroxylation is 2. The molecular weight excluding hydrogens is 226 g/mol. The molecule has 4 heteroatoms. The third kappa shape index (κ3) is 2.84. The van der Waals surface area contributed by atoms with Crippen molar-refractivity contribution in [2.24, 2.45) is 0 Å². The van der Waals surface area contributed by atoms with Gasteiger partial charge < -0.3 is 10.4 Å². The zero-order chi connectivity index (χ0) is 13.0. The molecule has 0 bridgehead atoms. The molecule has 0 amide bonds. The van der Waals surface area contributed by atoms with Gasteiger partial charge in [0.05, 0.1) is 12.3 Å². The molecule has 0 aliphatic rings. The van der Waals surface area contributed by atoms with Crippen LogP contribution in [0.5, 0.6) is 0 Å². The van der Waals surface area contributed by atoms with Gasteiger partial charge >= 0.3 is 0 Å². The molecule has 0 saturated heterocycles. The average molecular weight is 243 g/mol. The normalized spacial score (nSPS) is 10.4. The van der Waals surface area contributed by atoms with Crippen molar-refractivity contribution in [1.29, 1.82) is 0 Å². The Labute approximate surface area is 107 Å². The number of nitrogens with zero attached hydrogens (tertiary/aromatic N) is 2. The van der Waals surface area contributed by atoms with Crippen molar-refractivity contribution in [3.8, 4) is 11.3 Å². The molecule has 4 nitrogen and oxygen atoms in total. The van der Waals surface area contributed by atoms with Gasteiger partial charge in [0, 0.05) is 12.1 Å². The summed E-state index contributed by atoms with van der Waals surface area (Å²) < 4.78 is 0. The predicted octanol–water partition coefficient (Wildman–Crippen LogP) is 2.16. The highest BCUT2D eigenvalue weighted by Crippen LogP contribution is 2.22. The molecule has 0 saturated carbocycles. The van der Waals surface area contributed by atoms with Gasteiger partial charge in [0.15, 0.2) is 0 Å². The minimum atomic E-state index is 0.0838. The van der Waals surface area contributed by atoms with Gasteiger partial charge in [-0.15, -0.1) is 10.2 Å². The summed E-state index contributed by atoms with van der Waals surface area (Å²) >= 11 is 0. The Morgan fingerprint density at radius 3 is 2.56 bits per heavy atom. The predicted molar refractivity (Wildman–Crippen MR) is 72.5 cm³/mol. The lowest BCUT2D eigenvalue weighted by Gasteiger charge is -2.07. The van der Waals surface area contributed by atoms with E-state index in [1.807, 2.05) is 12.1 Å². The molecule has 94 valence electrons. The van der Waals surface area contributed by atoms with Crippen LogP contribution in [0.25, 0.3) is 11.3 Å². The summed E-state index contributed by atoms with van der Waals surface area (Å²) in [5, 5.41) is 20.0. The highest BCUT2D eigenvalue weighted by Gasteiger charge is 2.04. The smallest absolute Gasteiger partial charge is 0.148 e. The Hall–Kier alpha value is -1.94. The Kier molecular flexibility index (Phi) is 3.89. The van der Waals surface area contributed by atoms with E-state index in [9.17, 15) is 0 Å². The summed E-state index contributed by atoms with van der Waals surface area (Å²) in [6, 6.07) is 10.1. The number of anilines is 1. The van der Waals surface area contributed by atoms with E-state index in [1.54, 1.807) is 0 Å². The highest BCUT2D eigenvalue weighted by atomic mass is 16.3. The number of benzene rings is 1. The van der Waals surface area contributed by atoms with Crippen LogP contribution in [0.1, 0.15) is 11.1 Å². The number of aliphatic hydroxyl groups excluding tert-OH is 1. The highest BCUT2D eigenvalue weighted by molar-refractivity contribution is 5.64. The van der Waals surface area contributed by atoms with Crippen LogP contribution in [-0.4, -0.2) is 28.5 Å². The van der Waals surface area contributed by atoms with Crippen LogP contribution in [0, 0.1) is 13.8 Å². The topological polar surface area (TPSA) is 58.0 Å². The lowest BCUT2D eigenvalue weighted by molar-refractivity contribution is 0.311. The van der Waals surface area contributed by atoms with E-state index >= 15 is 0 Å². The first-order chi connectivity index (χ1) is 8.70. The average Bonchev–Trinajstić information content (AvgIpc) is 2.37. The van der Waals surface area contributed by atoms with Crippen molar-refractivity contribution >= 4 is 5.82 Å². The van der Waals surface area contributed by atoms with Crippen LogP contribution in [0.2, 0.25) is 0 Å². The molecule has 2 N–H and O–H groups in total. The van der Waals surface area contributed by atoms with Gasteiger partial charge in [-0.25, -0.2) is 0 Å². The van der Waals surface area contributed by atoms with E-state index in [0.29, 0.717) is 12.4 Å². The third-order valence-corrected chi connectivity index (χ3v) is 2.74. The van der Waals surface area contributed by atoms with E-state index in [1.165, 1.54) is 11.1 Å². The van der Waals surface area contributed by atoms with Crippen LogP contribution >= 0.6 is 0 Å². The largest absolute Gasteiger partial charge is 0.395 e. The van der Waals surface area contributed by atoms with Crippen molar-refractivity contribution in [3.63, 3.8) is 0 Å². The summed E-state index contributed by atoms with van der Waals surface area (Å²) in [4.78, 5) is 0. The van der Waals surface area contributed by atoms with Gasteiger partial charge in [-0.2, -0.15) is 0 Å². The maximum absolute atomic E-state index is 8.71. The Morgan fingerprint density at radius 2 is 1.94 bits per heavy atom. The molecule has 0 aliphatic carbocycles. The van der Waals surface area contributed by atoms with E-state index in [0.717, 1.165) is 11.3 Å². The van der Waals surface area contributed by atoms with Gasteiger partial charge in [0.1, 0.15) is 5.82 Å². The van der Waals surface area contributed by atoms with Crippen LogP contribution in [0.3, 0.4) is 0 Å². The molecule has 18 heavy (non-hydrogen) atoms. The molecule has 0 unspecified atom stereocenters. The Bertz CT molecular complexity index is 523. The van der Waals surface area contributed by atoms with Crippen LogP contribution < -0.4 is 5.32 Å². The fourth-order valence-corrected chi connectivity index (χ4v) is 1.86. The second-order valence-electron chi connectivity index (χ2n) is 4.27. The van der Waals surface area contributed by atoms with Crippen molar-refractivity contribution in [2.45, 2.75) is 13.8 Å². The molecule has 2 rings (SSSR count). The zero-order valence-corrected chi connectivity index (χ0v) is 10.6. The SMILES string of the molecule is Cc1ccc(-c2ccc(NCCO)nn2)c(C)c1. The molecule has 0 fully saturated rings. The summed E-state index contributed by atoms with van der Waals surface area (Å²) in [7, 11) is 0. The molecule has 1 aromatic carbocycles. The standard InChI is InChI=1S/C14H17N3O/c1-10-3-4-12(11(2)9-10)13-5-6-14(17-16-13)15-7-8-18/h3-6,9,18H,7-8H2,1-2H3,(H,15,17). The van der Waals surface area contributed by atoms with E-state index < -0.39 is 0 Å². The quantitative estimate of drug-likeness (QED) is 0.864. The number of aromatic nitrogens is 2. The lowest BCUT2D eigenvalue weighted by atomic mass is 10.0. The van der Waals surface area contributed by atoms with Crippen molar-refractivity contribution in [1.82, 2.24) is 10.2 Å². The fraction of sp³-hybridized carbons (Fsp3) is 0.286. The van der Waals surface area contributed by atoms with E-state index in [4.69, 9.17) is 5.11 Å². The van der Waals surface area contributed by atoms with Crippen molar-refractivity contribution in [2.75, 3.05) is 18.5 Å². The van der Waals surface area contributed by atoms with Crippen molar-refractivity contribution in [3.05, 3.63) is 41.5 Å². The molecular formula is C14H17N3O. The minimum absolute atomic E-state index is 0.0838. The van der Waals surface area contributed by atoms with Gasteiger partial charge in [0.25, 0.3) is 0 Å². The monoisotopic (exact) mass is 243 g/mol. The number of nitrogens with one attached hydrogen (secondary N) is 1. The van der Waals surface area contributed by atoms with E-state index in [2.05, 4.69) is 47.6 Å². The molecule has 1 heterocycles. The Balaban J connectivity index is 2.23. The number of rotatable bonds is 4. The van der Waals surface area contributed by atoms with Gasteiger partial charge in [-0.3, -0.25) is 0 Å². The number of aliphatic hydroxyl groups is 1. The summed E-state index contributed by atoms with van der Waals surface area (Å²) in [6.07, 6.45) is 0. The van der Waals surface area contributed by atoms with Crippen LogP contribution in [0.4, 0.5) is 5.82 Å². The first-order valence-electron chi connectivity index (χ1n) is 5.97. The Morgan fingerprint density at radius 1 is 1.11 bits per heavy atom. The van der Waals surface area contributed by atoms with Crippen LogP contribution in [0.15, 0.2) is 30.3 Å². The molecule has 0 radical (unpaired) electrons. The maximum atomic E-state index is 8.71. The van der Waals surface area contributed by atoms with E-state index in [-0.39, 0.29) is 6.61 Å². The second-order valence-corrected chi connectivity index (χ2v) is 4.27. The summed E-state index contributed by atoms with van der Waals surface area (Å²) in [5.74, 6) is 0.678.